The third-order valence-corrected chi connectivity index (χ3v) is 2.41. The first-order valence-corrected chi connectivity index (χ1v) is 4.86. The first kappa shape index (κ1) is 10.1. The lowest BCUT2D eigenvalue weighted by Gasteiger charge is -2.08. The number of hydrogen-bond acceptors (Lipinski definition) is 4. The van der Waals surface area contributed by atoms with E-state index in [0.29, 0.717) is 16.7 Å². The number of benzene rings is 1. The van der Waals surface area contributed by atoms with Crippen LogP contribution in [0.25, 0.3) is 0 Å². The van der Waals surface area contributed by atoms with Gasteiger partial charge in [-0.15, -0.1) is 0 Å². The summed E-state index contributed by atoms with van der Waals surface area (Å²) >= 11 is 6.01. The lowest BCUT2D eigenvalue weighted by molar-refractivity contribution is 0.385. The number of hydrogen-bond donors (Lipinski definition) is 1. The van der Waals surface area contributed by atoms with Crippen molar-refractivity contribution in [3.8, 4) is 0 Å². The van der Waals surface area contributed by atoms with Crippen molar-refractivity contribution in [1.29, 1.82) is 0 Å². The first-order valence-electron chi connectivity index (χ1n) is 4.48. The van der Waals surface area contributed by atoms with Gasteiger partial charge in [-0.05, 0) is 11.6 Å². The highest BCUT2D eigenvalue weighted by Gasteiger charge is 2.16. The van der Waals surface area contributed by atoms with Crippen LogP contribution in [-0.2, 0) is 0 Å². The van der Waals surface area contributed by atoms with Crippen molar-refractivity contribution in [2.24, 2.45) is 5.73 Å². The maximum Gasteiger partial charge on any atom is 0.223 e. The zero-order valence-electron chi connectivity index (χ0n) is 8.14. The molecule has 2 aromatic rings. The Labute approximate surface area is 92.0 Å². The highest BCUT2D eigenvalue weighted by molar-refractivity contribution is 6.31. The summed E-state index contributed by atoms with van der Waals surface area (Å²) < 4.78 is 4.86. The summed E-state index contributed by atoms with van der Waals surface area (Å²) in [6, 6.07) is 6.90. The van der Waals surface area contributed by atoms with Gasteiger partial charge in [0.25, 0.3) is 0 Å². The van der Waals surface area contributed by atoms with E-state index in [9.17, 15) is 0 Å². The third kappa shape index (κ3) is 2.00. The summed E-state index contributed by atoms with van der Waals surface area (Å²) in [6.07, 6.45) is 0. The van der Waals surface area contributed by atoms with Gasteiger partial charge in [-0.2, -0.15) is 4.98 Å². The van der Waals surface area contributed by atoms with Crippen molar-refractivity contribution in [3.05, 3.63) is 46.6 Å². The second-order valence-electron chi connectivity index (χ2n) is 3.17. The molecule has 0 saturated heterocycles. The number of aryl methyl sites for hydroxylation is 1. The van der Waals surface area contributed by atoms with Crippen LogP contribution in [0.2, 0.25) is 5.02 Å². The van der Waals surface area contributed by atoms with Crippen LogP contribution in [0.5, 0.6) is 0 Å². The fourth-order valence-electron chi connectivity index (χ4n) is 1.31. The average molecular weight is 224 g/mol. The topological polar surface area (TPSA) is 64.9 Å². The highest BCUT2D eigenvalue weighted by Crippen LogP contribution is 2.24. The molecule has 1 heterocycles. The van der Waals surface area contributed by atoms with Crippen LogP contribution in [0, 0.1) is 6.92 Å². The van der Waals surface area contributed by atoms with Gasteiger partial charge in [0.2, 0.25) is 5.89 Å². The third-order valence-electron chi connectivity index (χ3n) is 2.06. The maximum absolute atomic E-state index is 6.01. The van der Waals surface area contributed by atoms with E-state index in [1.807, 2.05) is 18.2 Å². The molecule has 2 rings (SSSR count). The molecule has 0 aliphatic rings. The SMILES string of the molecule is Cc1nc(C(N)c2ccccc2Cl)no1. The molecule has 15 heavy (non-hydrogen) atoms. The van der Waals surface area contributed by atoms with E-state index >= 15 is 0 Å². The molecule has 0 bridgehead atoms. The van der Waals surface area contributed by atoms with Crippen molar-refractivity contribution in [3.63, 3.8) is 0 Å². The van der Waals surface area contributed by atoms with Crippen LogP contribution in [0.1, 0.15) is 23.3 Å². The number of nitrogens with zero attached hydrogens (tertiary/aromatic N) is 2. The monoisotopic (exact) mass is 223 g/mol. The minimum absolute atomic E-state index is 0.445. The minimum Gasteiger partial charge on any atom is -0.340 e. The Hall–Kier alpha value is -1.39. The zero-order valence-corrected chi connectivity index (χ0v) is 8.90. The van der Waals surface area contributed by atoms with Crippen LogP contribution in [0.3, 0.4) is 0 Å². The van der Waals surface area contributed by atoms with E-state index < -0.39 is 6.04 Å². The predicted molar refractivity (Wildman–Crippen MR) is 56.5 cm³/mol. The lowest BCUT2D eigenvalue weighted by atomic mass is 10.1. The molecule has 78 valence electrons. The van der Waals surface area contributed by atoms with Crippen LogP contribution >= 0.6 is 11.6 Å². The Kier molecular flexibility index (Phi) is 2.70. The van der Waals surface area contributed by atoms with E-state index in [0.717, 1.165) is 5.56 Å². The van der Waals surface area contributed by atoms with Crippen LogP contribution < -0.4 is 5.73 Å². The van der Waals surface area contributed by atoms with E-state index in [1.54, 1.807) is 13.0 Å². The summed E-state index contributed by atoms with van der Waals surface area (Å²) in [6.45, 7) is 1.72. The first-order chi connectivity index (χ1) is 7.18. The average Bonchev–Trinajstić information content (AvgIpc) is 2.65. The van der Waals surface area contributed by atoms with Gasteiger partial charge in [0.1, 0.15) is 0 Å². The molecule has 0 spiro atoms. The normalized spacial score (nSPS) is 12.7. The zero-order chi connectivity index (χ0) is 10.8. The van der Waals surface area contributed by atoms with Crippen LogP contribution in [-0.4, -0.2) is 10.1 Å². The Balaban J connectivity index is 2.36. The fraction of sp³-hybridized carbons (Fsp3) is 0.200. The van der Waals surface area contributed by atoms with E-state index in [-0.39, 0.29) is 0 Å². The molecule has 1 unspecified atom stereocenters. The molecule has 1 atom stereocenters. The van der Waals surface area contributed by atoms with Gasteiger partial charge in [0.15, 0.2) is 5.82 Å². The molecule has 4 nitrogen and oxygen atoms in total. The standard InChI is InChI=1S/C10H10ClN3O/c1-6-13-10(14-15-6)9(12)7-4-2-3-5-8(7)11/h2-5,9H,12H2,1H3. The van der Waals surface area contributed by atoms with Gasteiger partial charge >= 0.3 is 0 Å². The van der Waals surface area contributed by atoms with E-state index in [1.165, 1.54) is 0 Å². The molecule has 2 N–H and O–H groups in total. The summed E-state index contributed by atoms with van der Waals surface area (Å²) in [4.78, 5) is 4.07. The van der Waals surface area contributed by atoms with Crippen LogP contribution in [0.4, 0.5) is 0 Å². The molecule has 0 amide bonds. The van der Waals surface area contributed by atoms with Crippen molar-refractivity contribution < 1.29 is 4.52 Å². The quantitative estimate of drug-likeness (QED) is 0.847. The van der Waals surface area contributed by atoms with Crippen LogP contribution in [0.15, 0.2) is 28.8 Å². The molecule has 0 aliphatic heterocycles. The number of aromatic nitrogens is 2. The summed E-state index contributed by atoms with van der Waals surface area (Å²) in [7, 11) is 0. The maximum atomic E-state index is 6.01. The molecule has 1 aromatic carbocycles. The number of rotatable bonds is 2. The second kappa shape index (κ2) is 4.00. The molecule has 0 aliphatic carbocycles. The number of halogens is 1. The van der Waals surface area contributed by atoms with E-state index in [2.05, 4.69) is 10.1 Å². The Morgan fingerprint density at radius 2 is 2.13 bits per heavy atom. The van der Waals surface area contributed by atoms with Gasteiger partial charge in [-0.3, -0.25) is 0 Å². The van der Waals surface area contributed by atoms with Gasteiger partial charge < -0.3 is 10.3 Å². The van der Waals surface area contributed by atoms with Crippen molar-refractivity contribution >= 4 is 11.6 Å². The summed E-state index contributed by atoms with van der Waals surface area (Å²) in [5, 5.41) is 4.37. The minimum atomic E-state index is -0.448. The molecule has 0 radical (unpaired) electrons. The molecule has 0 saturated carbocycles. The molecular weight excluding hydrogens is 214 g/mol. The fourth-order valence-corrected chi connectivity index (χ4v) is 1.56. The molecule has 5 heteroatoms. The molecular formula is C10H10ClN3O. The van der Waals surface area contributed by atoms with Crippen molar-refractivity contribution in [2.75, 3.05) is 0 Å². The van der Waals surface area contributed by atoms with Crippen molar-refractivity contribution in [1.82, 2.24) is 10.1 Å². The Morgan fingerprint density at radius 1 is 1.40 bits per heavy atom. The highest BCUT2D eigenvalue weighted by atomic mass is 35.5. The second-order valence-corrected chi connectivity index (χ2v) is 3.58. The van der Waals surface area contributed by atoms with Gasteiger partial charge in [-0.25, -0.2) is 0 Å². The Morgan fingerprint density at radius 3 is 2.73 bits per heavy atom. The predicted octanol–water partition coefficient (Wildman–Crippen LogP) is 2.08. The van der Waals surface area contributed by atoms with Gasteiger partial charge in [0.05, 0.1) is 6.04 Å². The lowest BCUT2D eigenvalue weighted by Crippen LogP contribution is -2.14. The van der Waals surface area contributed by atoms with Gasteiger partial charge in [0, 0.05) is 11.9 Å². The number of nitrogens with two attached hydrogens (primary N) is 1. The molecule has 0 fully saturated rings. The largest absolute Gasteiger partial charge is 0.340 e. The Bertz CT molecular complexity index is 469. The summed E-state index contributed by atoms with van der Waals surface area (Å²) in [5.41, 5.74) is 6.75. The van der Waals surface area contributed by atoms with Crippen molar-refractivity contribution in [2.45, 2.75) is 13.0 Å². The molecule has 1 aromatic heterocycles. The van der Waals surface area contributed by atoms with Gasteiger partial charge in [-0.1, -0.05) is 35.0 Å². The summed E-state index contributed by atoms with van der Waals surface area (Å²) in [5.74, 6) is 0.938. The smallest absolute Gasteiger partial charge is 0.223 e. The van der Waals surface area contributed by atoms with E-state index in [4.69, 9.17) is 21.9 Å².